The molecule has 0 saturated carbocycles. The SMILES string of the molecule is COC(=O)c1cc(-c2cccs2)nc2c1c(=O)nc(SCc1cc(=O)[nH]c3c(C#N)cnn13)n2C. The topological polar surface area (TPSA) is 148 Å². The number of nitrogens with one attached hydrogen (secondary N) is 1. The number of H-pyrrole nitrogens is 1. The number of methoxy groups -OCH3 is 1. The Bertz CT molecular complexity index is 1780. The van der Waals surface area contributed by atoms with Crippen LogP contribution in [-0.2, 0) is 17.5 Å². The summed E-state index contributed by atoms with van der Waals surface area (Å²) >= 11 is 2.65. The van der Waals surface area contributed by atoms with E-state index in [4.69, 9.17) is 4.74 Å². The minimum absolute atomic E-state index is 0.0632. The van der Waals surface area contributed by atoms with Crippen molar-refractivity contribution in [3.05, 3.63) is 73.4 Å². The fourth-order valence-electron chi connectivity index (χ4n) is 3.62. The average molecular weight is 506 g/mol. The average Bonchev–Trinajstić information content (AvgIpc) is 3.54. The number of nitrogens with zero attached hydrogens (tertiary/aromatic N) is 6. The monoisotopic (exact) mass is 505 g/mol. The molecule has 5 rings (SSSR count). The van der Waals surface area contributed by atoms with E-state index in [1.807, 2.05) is 23.6 Å². The van der Waals surface area contributed by atoms with E-state index >= 15 is 0 Å². The van der Waals surface area contributed by atoms with Crippen LogP contribution in [0.1, 0.15) is 21.6 Å². The van der Waals surface area contributed by atoms with Crippen LogP contribution in [0.4, 0.5) is 0 Å². The zero-order valence-corrected chi connectivity index (χ0v) is 19.9. The summed E-state index contributed by atoms with van der Waals surface area (Å²) in [4.78, 5) is 49.9. The second kappa shape index (κ2) is 8.82. The van der Waals surface area contributed by atoms with Crippen molar-refractivity contribution in [2.45, 2.75) is 10.9 Å². The summed E-state index contributed by atoms with van der Waals surface area (Å²) in [6.07, 6.45) is 1.37. The summed E-state index contributed by atoms with van der Waals surface area (Å²) in [6, 6.07) is 8.63. The van der Waals surface area contributed by atoms with Gasteiger partial charge in [-0.15, -0.1) is 11.3 Å². The molecule has 174 valence electrons. The van der Waals surface area contributed by atoms with Gasteiger partial charge < -0.3 is 14.3 Å². The number of thiophene rings is 1. The number of carbonyl (C=O) groups excluding carboxylic acids is 1. The lowest BCUT2D eigenvalue weighted by atomic mass is 10.1. The number of esters is 1. The highest BCUT2D eigenvalue weighted by Crippen LogP contribution is 2.29. The van der Waals surface area contributed by atoms with Crippen LogP contribution >= 0.6 is 23.1 Å². The van der Waals surface area contributed by atoms with E-state index in [-0.39, 0.29) is 33.5 Å². The predicted octanol–water partition coefficient (Wildman–Crippen LogP) is 2.34. The van der Waals surface area contributed by atoms with Crippen LogP contribution in [-0.4, -0.2) is 42.2 Å². The highest BCUT2D eigenvalue weighted by Gasteiger charge is 2.21. The molecule has 5 aromatic rings. The molecule has 5 aromatic heterocycles. The molecule has 13 heteroatoms. The normalized spacial score (nSPS) is 11.1. The summed E-state index contributed by atoms with van der Waals surface area (Å²) in [5, 5.41) is 15.7. The number of hydrogen-bond donors (Lipinski definition) is 1. The maximum atomic E-state index is 13.0. The van der Waals surface area contributed by atoms with Crippen molar-refractivity contribution < 1.29 is 9.53 Å². The molecule has 0 amide bonds. The Kier molecular flexibility index (Phi) is 5.67. The molecule has 0 saturated heterocycles. The first-order chi connectivity index (χ1) is 16.9. The third-order valence-electron chi connectivity index (χ3n) is 5.25. The van der Waals surface area contributed by atoms with E-state index in [0.717, 1.165) is 4.88 Å². The van der Waals surface area contributed by atoms with Crippen LogP contribution in [0.15, 0.2) is 50.6 Å². The number of carbonyl (C=O) groups is 1. The summed E-state index contributed by atoms with van der Waals surface area (Å²) in [7, 11) is 2.94. The second-order valence-electron chi connectivity index (χ2n) is 7.33. The Hall–Kier alpha value is -4.28. The van der Waals surface area contributed by atoms with Crippen LogP contribution in [0.25, 0.3) is 27.3 Å². The summed E-state index contributed by atoms with van der Waals surface area (Å²) < 4.78 is 7.99. The minimum Gasteiger partial charge on any atom is -0.465 e. The van der Waals surface area contributed by atoms with Gasteiger partial charge in [-0.3, -0.25) is 9.59 Å². The van der Waals surface area contributed by atoms with Gasteiger partial charge in [0.25, 0.3) is 11.1 Å². The van der Waals surface area contributed by atoms with Crippen molar-refractivity contribution in [3.8, 4) is 16.6 Å². The number of rotatable bonds is 5. The molecule has 0 fully saturated rings. The summed E-state index contributed by atoms with van der Waals surface area (Å²) in [5.74, 6) is -0.430. The number of thioether (sulfide) groups is 1. The van der Waals surface area contributed by atoms with Crippen molar-refractivity contribution in [2.75, 3.05) is 7.11 Å². The minimum atomic E-state index is -0.660. The Balaban J connectivity index is 1.63. The van der Waals surface area contributed by atoms with Gasteiger partial charge in [0.1, 0.15) is 17.3 Å². The largest absolute Gasteiger partial charge is 0.465 e. The molecule has 0 aliphatic rings. The number of aromatic amines is 1. The first kappa shape index (κ1) is 22.5. The van der Waals surface area contributed by atoms with E-state index in [2.05, 4.69) is 20.1 Å². The molecular formula is C22H15N7O4S2. The van der Waals surface area contributed by atoms with Crippen molar-refractivity contribution >= 4 is 45.7 Å². The molecule has 0 atom stereocenters. The maximum absolute atomic E-state index is 13.0. The van der Waals surface area contributed by atoms with Crippen LogP contribution in [0.5, 0.6) is 0 Å². The number of aryl methyl sites for hydroxylation is 1. The number of fused-ring (bicyclic) bond motifs is 2. The molecule has 0 aliphatic heterocycles. The predicted molar refractivity (Wildman–Crippen MR) is 130 cm³/mol. The van der Waals surface area contributed by atoms with Crippen LogP contribution in [0.2, 0.25) is 0 Å². The van der Waals surface area contributed by atoms with E-state index in [0.29, 0.717) is 22.2 Å². The molecule has 1 N–H and O–H groups in total. The number of nitriles is 1. The molecule has 0 aromatic carbocycles. The molecule has 0 unspecified atom stereocenters. The molecule has 5 heterocycles. The first-order valence-corrected chi connectivity index (χ1v) is 11.9. The van der Waals surface area contributed by atoms with E-state index in [1.165, 1.54) is 53.1 Å². The van der Waals surface area contributed by atoms with Gasteiger partial charge in [-0.05, 0) is 17.5 Å². The number of ether oxygens (including phenoxy) is 1. The van der Waals surface area contributed by atoms with Crippen LogP contribution in [0.3, 0.4) is 0 Å². The maximum Gasteiger partial charge on any atom is 0.338 e. The molecular weight excluding hydrogens is 490 g/mol. The van der Waals surface area contributed by atoms with Gasteiger partial charge in [-0.2, -0.15) is 15.3 Å². The molecule has 0 radical (unpaired) electrons. The standard InChI is InChI=1S/C22H15N7O4S2/c1-28-19-17(13(21(32)33-2)7-14(25-19)15-4-3-5-34-15)20(31)27-22(28)35-10-12-6-16(30)26-18-11(8-23)9-24-29(12)18/h3-7,9H,10H2,1-2H3,(H,26,30). The number of pyridine rings is 1. The smallest absolute Gasteiger partial charge is 0.338 e. The van der Waals surface area contributed by atoms with Crippen molar-refractivity contribution in [3.63, 3.8) is 0 Å². The van der Waals surface area contributed by atoms with Crippen molar-refractivity contribution in [1.29, 1.82) is 5.26 Å². The van der Waals surface area contributed by atoms with Gasteiger partial charge in [0.05, 0.1) is 40.5 Å². The number of hydrogen-bond acceptors (Lipinski definition) is 10. The number of aromatic nitrogens is 6. The van der Waals surface area contributed by atoms with Gasteiger partial charge in [0.15, 0.2) is 10.8 Å². The Labute approximate surface area is 204 Å². The molecule has 0 aliphatic carbocycles. The highest BCUT2D eigenvalue weighted by atomic mass is 32.2. The zero-order chi connectivity index (χ0) is 24.7. The Morgan fingerprint density at radius 1 is 1.31 bits per heavy atom. The fraction of sp³-hybridized carbons (Fsp3) is 0.136. The molecule has 0 bridgehead atoms. The fourth-order valence-corrected chi connectivity index (χ4v) is 5.22. The lowest BCUT2D eigenvalue weighted by molar-refractivity contribution is 0.0603. The molecule has 35 heavy (non-hydrogen) atoms. The second-order valence-corrected chi connectivity index (χ2v) is 9.22. The van der Waals surface area contributed by atoms with E-state index in [1.54, 1.807) is 11.6 Å². The summed E-state index contributed by atoms with van der Waals surface area (Å²) in [6.45, 7) is 0. The molecule has 11 nitrogen and oxygen atoms in total. The van der Waals surface area contributed by atoms with Gasteiger partial charge in [-0.25, -0.2) is 14.3 Å². The Morgan fingerprint density at radius 3 is 2.86 bits per heavy atom. The van der Waals surface area contributed by atoms with Gasteiger partial charge in [-0.1, -0.05) is 17.8 Å². The van der Waals surface area contributed by atoms with Crippen LogP contribution in [0, 0.1) is 11.3 Å². The van der Waals surface area contributed by atoms with Crippen LogP contribution < -0.4 is 11.1 Å². The lowest BCUT2D eigenvalue weighted by Gasteiger charge is -2.13. The summed E-state index contributed by atoms with van der Waals surface area (Å²) in [5.41, 5.74) is 0.945. The third kappa shape index (κ3) is 3.88. The van der Waals surface area contributed by atoms with E-state index < -0.39 is 11.5 Å². The van der Waals surface area contributed by atoms with Crippen molar-refractivity contribution in [2.24, 2.45) is 7.05 Å². The van der Waals surface area contributed by atoms with Crippen molar-refractivity contribution in [1.82, 2.24) is 29.1 Å². The molecule has 0 spiro atoms. The van der Waals surface area contributed by atoms with Gasteiger partial charge in [0, 0.05) is 18.9 Å². The van der Waals surface area contributed by atoms with E-state index in [9.17, 15) is 19.6 Å². The Morgan fingerprint density at radius 2 is 2.14 bits per heavy atom. The third-order valence-corrected chi connectivity index (χ3v) is 7.20. The lowest BCUT2D eigenvalue weighted by Crippen LogP contribution is -2.19. The highest BCUT2D eigenvalue weighted by molar-refractivity contribution is 7.98. The quantitative estimate of drug-likeness (QED) is 0.216. The zero-order valence-electron chi connectivity index (χ0n) is 18.3. The van der Waals surface area contributed by atoms with Gasteiger partial charge >= 0.3 is 5.97 Å². The van der Waals surface area contributed by atoms with Gasteiger partial charge in [0.2, 0.25) is 0 Å². The first-order valence-electron chi connectivity index (χ1n) is 10.1.